The van der Waals surface area contributed by atoms with Gasteiger partial charge in [-0.1, -0.05) is 13.8 Å². The lowest BCUT2D eigenvalue weighted by Crippen LogP contribution is -2.29. The van der Waals surface area contributed by atoms with Crippen molar-refractivity contribution in [1.29, 1.82) is 0 Å². The first-order valence-corrected chi connectivity index (χ1v) is 5.32. The average molecular weight is 210 g/mol. The Morgan fingerprint density at radius 2 is 1.92 bits per heavy atom. The lowest BCUT2D eigenvalue weighted by atomic mass is 9.98. The molecule has 0 saturated heterocycles. The number of rotatable bonds is 4. The molecule has 5 nitrogen and oxygen atoms in total. The Balaban J connectivity index is 4.17. The molecule has 0 heterocycles. The van der Waals surface area contributed by atoms with Crippen LogP contribution in [0.1, 0.15) is 20.8 Å². The molecule has 6 heteroatoms. The summed E-state index contributed by atoms with van der Waals surface area (Å²) in [6, 6.07) is 0. The third kappa shape index (κ3) is 7.73. The fourth-order valence-corrected chi connectivity index (χ4v) is 1.90. The molecule has 0 fully saturated rings. The molecule has 0 saturated carbocycles. The van der Waals surface area contributed by atoms with Crippen LogP contribution < -0.4 is 0 Å². The van der Waals surface area contributed by atoms with Crippen molar-refractivity contribution in [3.8, 4) is 0 Å². The zero-order valence-corrected chi connectivity index (χ0v) is 8.72. The second-order valence-electron chi connectivity index (χ2n) is 3.67. The lowest BCUT2D eigenvalue weighted by molar-refractivity contribution is -0.143. The molecular weight excluding hydrogens is 196 g/mol. The number of carbonyl (C=O) groups is 1. The van der Waals surface area contributed by atoms with Gasteiger partial charge in [0.1, 0.15) is 0 Å². The molecule has 0 amide bonds. The van der Waals surface area contributed by atoms with Gasteiger partial charge in [0.25, 0.3) is 10.1 Å². The Bertz CT molecular complexity index is 277. The van der Waals surface area contributed by atoms with E-state index in [1.54, 1.807) is 13.8 Å². The Hall–Kier alpha value is -0.620. The first-order chi connectivity index (χ1) is 5.62. The molecule has 0 aromatic carbocycles. The third-order valence-corrected chi connectivity index (χ3v) is 2.39. The van der Waals surface area contributed by atoms with E-state index >= 15 is 0 Å². The van der Waals surface area contributed by atoms with Crippen molar-refractivity contribution >= 4 is 16.1 Å². The van der Waals surface area contributed by atoms with E-state index in [4.69, 9.17) is 4.55 Å². The summed E-state index contributed by atoms with van der Waals surface area (Å²) < 4.78 is 34.2. The minimum absolute atomic E-state index is 0.0257. The second kappa shape index (κ2) is 4.06. The van der Waals surface area contributed by atoms with Crippen molar-refractivity contribution in [2.45, 2.75) is 20.8 Å². The van der Waals surface area contributed by atoms with Crippen LogP contribution in [0.4, 0.5) is 0 Å². The first-order valence-electron chi connectivity index (χ1n) is 3.71. The van der Waals surface area contributed by atoms with Crippen molar-refractivity contribution in [2.75, 3.05) is 12.4 Å². The van der Waals surface area contributed by atoms with E-state index < -0.39 is 27.3 Å². The Morgan fingerprint density at radius 1 is 1.46 bits per heavy atom. The van der Waals surface area contributed by atoms with Gasteiger partial charge in [-0.25, -0.2) is 0 Å². The van der Waals surface area contributed by atoms with Crippen LogP contribution in [0.15, 0.2) is 0 Å². The Labute approximate surface area is 77.8 Å². The van der Waals surface area contributed by atoms with Crippen LogP contribution in [0.3, 0.4) is 0 Å². The molecule has 0 aliphatic heterocycles. The van der Waals surface area contributed by atoms with Gasteiger partial charge < -0.3 is 4.74 Å². The normalized spacial score (nSPS) is 12.6. The van der Waals surface area contributed by atoms with Crippen LogP contribution in [0, 0.1) is 5.41 Å². The summed E-state index contributed by atoms with van der Waals surface area (Å²) in [4.78, 5) is 10.4. The summed E-state index contributed by atoms with van der Waals surface area (Å²) in [6.45, 7) is 4.39. The highest BCUT2D eigenvalue weighted by Gasteiger charge is 2.26. The molecule has 13 heavy (non-hydrogen) atoms. The topological polar surface area (TPSA) is 80.7 Å². The van der Waals surface area contributed by atoms with Crippen molar-refractivity contribution < 1.29 is 22.5 Å². The molecule has 0 radical (unpaired) electrons. The van der Waals surface area contributed by atoms with Gasteiger partial charge in [0.2, 0.25) is 0 Å². The quantitative estimate of drug-likeness (QED) is 0.538. The van der Waals surface area contributed by atoms with Gasteiger partial charge in [-0.2, -0.15) is 8.42 Å². The van der Waals surface area contributed by atoms with Gasteiger partial charge in [-0.15, -0.1) is 0 Å². The Kier molecular flexibility index (Phi) is 3.87. The van der Waals surface area contributed by atoms with Crippen LogP contribution in [-0.4, -0.2) is 31.3 Å². The summed E-state index contributed by atoms with van der Waals surface area (Å²) in [5.74, 6) is -0.892. The van der Waals surface area contributed by atoms with E-state index in [1.165, 1.54) is 6.92 Å². The molecule has 1 N–H and O–H groups in total. The molecule has 0 unspecified atom stereocenters. The second-order valence-corrected chi connectivity index (χ2v) is 5.12. The summed E-state index contributed by atoms with van der Waals surface area (Å²) in [5, 5.41) is 0. The van der Waals surface area contributed by atoms with E-state index in [1.807, 2.05) is 0 Å². The highest BCUT2D eigenvalue weighted by molar-refractivity contribution is 7.85. The summed E-state index contributed by atoms with van der Waals surface area (Å²) in [6.07, 6.45) is 0. The first kappa shape index (κ1) is 12.4. The van der Waals surface area contributed by atoms with Crippen LogP contribution in [0.25, 0.3) is 0 Å². The van der Waals surface area contributed by atoms with Crippen molar-refractivity contribution in [1.82, 2.24) is 0 Å². The zero-order chi connectivity index (χ0) is 10.7. The maximum absolute atomic E-state index is 10.5. The zero-order valence-electron chi connectivity index (χ0n) is 7.90. The maximum Gasteiger partial charge on any atom is 0.302 e. The predicted octanol–water partition coefficient (Wildman–Crippen LogP) is 0.463. The molecule has 0 atom stereocenters. The average Bonchev–Trinajstić information content (AvgIpc) is 1.78. The molecular formula is C7H14O5S. The number of ether oxygens (including phenoxy) is 1. The molecule has 0 aromatic rings. The number of hydrogen-bond acceptors (Lipinski definition) is 4. The molecule has 78 valence electrons. The summed E-state index contributed by atoms with van der Waals surface area (Å²) in [7, 11) is -4.02. The molecule has 0 aliphatic rings. The smallest absolute Gasteiger partial charge is 0.302 e. The minimum atomic E-state index is -4.02. The maximum atomic E-state index is 10.5. The van der Waals surface area contributed by atoms with Crippen LogP contribution in [-0.2, 0) is 19.6 Å². The van der Waals surface area contributed by atoms with E-state index in [9.17, 15) is 13.2 Å². The predicted molar refractivity (Wildman–Crippen MR) is 46.8 cm³/mol. The van der Waals surface area contributed by atoms with E-state index in [2.05, 4.69) is 4.74 Å². The highest BCUT2D eigenvalue weighted by atomic mass is 32.2. The third-order valence-electron chi connectivity index (χ3n) is 1.24. The molecule has 0 spiro atoms. The standard InChI is InChI=1S/C7H14O5S/c1-6(8)12-4-7(2,3)5-13(9,10)11/h4-5H2,1-3H3,(H,9,10,11). The largest absolute Gasteiger partial charge is 0.465 e. The number of carbonyl (C=O) groups excluding carboxylic acids is 1. The SMILES string of the molecule is CC(=O)OCC(C)(C)CS(=O)(=O)O. The van der Waals surface area contributed by atoms with E-state index in [0.717, 1.165) is 0 Å². The fourth-order valence-electron chi connectivity index (χ4n) is 0.832. The monoisotopic (exact) mass is 210 g/mol. The van der Waals surface area contributed by atoms with Crippen molar-refractivity contribution in [3.05, 3.63) is 0 Å². The van der Waals surface area contributed by atoms with Crippen LogP contribution in [0.2, 0.25) is 0 Å². The molecule has 0 aliphatic carbocycles. The van der Waals surface area contributed by atoms with Gasteiger partial charge in [-0.3, -0.25) is 9.35 Å². The van der Waals surface area contributed by atoms with Gasteiger partial charge in [0.15, 0.2) is 0 Å². The van der Waals surface area contributed by atoms with Gasteiger partial charge >= 0.3 is 5.97 Å². The van der Waals surface area contributed by atoms with Gasteiger partial charge in [0.05, 0.1) is 12.4 Å². The summed E-state index contributed by atoms with van der Waals surface area (Å²) in [5.41, 5.74) is -0.765. The Morgan fingerprint density at radius 3 is 2.23 bits per heavy atom. The minimum Gasteiger partial charge on any atom is -0.465 e. The molecule has 0 aromatic heterocycles. The molecule has 0 rings (SSSR count). The highest BCUT2D eigenvalue weighted by Crippen LogP contribution is 2.17. The number of esters is 1. The summed E-state index contributed by atoms with van der Waals surface area (Å²) >= 11 is 0. The number of hydrogen-bond donors (Lipinski definition) is 1. The van der Waals surface area contributed by atoms with E-state index in [0.29, 0.717) is 0 Å². The van der Waals surface area contributed by atoms with Gasteiger partial charge in [-0.05, 0) is 0 Å². The van der Waals surface area contributed by atoms with Crippen molar-refractivity contribution in [3.63, 3.8) is 0 Å². The van der Waals surface area contributed by atoms with Gasteiger partial charge in [0, 0.05) is 12.3 Å². The fraction of sp³-hybridized carbons (Fsp3) is 0.857. The van der Waals surface area contributed by atoms with Crippen LogP contribution in [0.5, 0.6) is 0 Å². The van der Waals surface area contributed by atoms with E-state index in [-0.39, 0.29) is 6.61 Å². The lowest BCUT2D eigenvalue weighted by Gasteiger charge is -2.21. The molecule has 0 bridgehead atoms. The van der Waals surface area contributed by atoms with Crippen LogP contribution >= 0.6 is 0 Å². The van der Waals surface area contributed by atoms with Crippen molar-refractivity contribution in [2.24, 2.45) is 5.41 Å².